The first-order valence-electron chi connectivity index (χ1n) is 6.70. The fourth-order valence-corrected chi connectivity index (χ4v) is 2.44. The molecule has 0 atom stereocenters. The number of thioether (sulfide) groups is 1. The summed E-state index contributed by atoms with van der Waals surface area (Å²) in [5, 5.41) is 3.36. The Morgan fingerprint density at radius 2 is 1.84 bits per heavy atom. The van der Waals surface area contributed by atoms with Crippen LogP contribution in [0.5, 0.6) is 0 Å². The van der Waals surface area contributed by atoms with Gasteiger partial charge in [-0.2, -0.15) is 11.8 Å². The maximum atomic E-state index is 5.00. The van der Waals surface area contributed by atoms with Crippen molar-refractivity contribution >= 4 is 11.8 Å². The van der Waals surface area contributed by atoms with Gasteiger partial charge in [0, 0.05) is 25.0 Å². The Kier molecular flexibility index (Phi) is 8.02. The summed E-state index contributed by atoms with van der Waals surface area (Å²) in [5.74, 6) is 1.84. The van der Waals surface area contributed by atoms with Crippen molar-refractivity contribution in [2.24, 2.45) is 0 Å². The van der Waals surface area contributed by atoms with Crippen LogP contribution in [-0.2, 0) is 16.9 Å². The molecule has 0 radical (unpaired) electrons. The second kappa shape index (κ2) is 9.28. The molecule has 1 aromatic heterocycles. The van der Waals surface area contributed by atoms with Gasteiger partial charge in [-0.15, -0.1) is 0 Å². The Labute approximate surface area is 120 Å². The Morgan fingerprint density at radius 1 is 1.16 bits per heavy atom. The van der Waals surface area contributed by atoms with Gasteiger partial charge in [-0.3, -0.25) is 0 Å². The lowest BCUT2D eigenvalue weighted by Gasteiger charge is -2.11. The van der Waals surface area contributed by atoms with E-state index in [0.29, 0.717) is 0 Å². The van der Waals surface area contributed by atoms with Gasteiger partial charge in [0.2, 0.25) is 0 Å². The molecule has 4 nitrogen and oxygen atoms in total. The van der Waals surface area contributed by atoms with Crippen LogP contribution >= 0.6 is 11.8 Å². The van der Waals surface area contributed by atoms with Gasteiger partial charge in [0.1, 0.15) is 5.82 Å². The van der Waals surface area contributed by atoms with Crippen molar-refractivity contribution in [1.82, 2.24) is 15.3 Å². The van der Waals surface area contributed by atoms with Gasteiger partial charge in [0.15, 0.2) is 0 Å². The van der Waals surface area contributed by atoms with Crippen molar-refractivity contribution in [2.45, 2.75) is 32.4 Å². The van der Waals surface area contributed by atoms with Crippen LogP contribution in [0.4, 0.5) is 0 Å². The Hall–Kier alpha value is -0.650. The summed E-state index contributed by atoms with van der Waals surface area (Å²) >= 11 is 1.76. The molecule has 5 heteroatoms. The second-order valence-corrected chi connectivity index (χ2v) is 5.43. The lowest BCUT2D eigenvalue weighted by molar-refractivity contribution is 0.199. The zero-order chi connectivity index (χ0) is 14.1. The average Bonchev–Trinajstić information content (AvgIpc) is 2.36. The maximum Gasteiger partial charge on any atom is 0.138 e. The van der Waals surface area contributed by atoms with Crippen molar-refractivity contribution < 1.29 is 4.74 Å². The zero-order valence-electron chi connectivity index (χ0n) is 12.5. The summed E-state index contributed by atoms with van der Waals surface area (Å²) in [4.78, 5) is 9.16. The molecule has 0 bridgehead atoms. The first-order chi connectivity index (χ1) is 9.19. The zero-order valence-corrected chi connectivity index (χ0v) is 13.3. The predicted molar refractivity (Wildman–Crippen MR) is 81.8 cm³/mol. The minimum absolute atomic E-state index is 0.768. The highest BCUT2D eigenvalue weighted by Crippen LogP contribution is 2.14. The molecule has 1 rings (SSSR count). The third kappa shape index (κ3) is 5.89. The van der Waals surface area contributed by atoms with E-state index in [1.54, 1.807) is 18.9 Å². The molecular formula is C14H25N3OS. The van der Waals surface area contributed by atoms with Crippen LogP contribution < -0.4 is 5.32 Å². The minimum Gasteiger partial charge on any atom is -0.383 e. The van der Waals surface area contributed by atoms with Gasteiger partial charge < -0.3 is 10.1 Å². The van der Waals surface area contributed by atoms with E-state index in [4.69, 9.17) is 4.74 Å². The van der Waals surface area contributed by atoms with Crippen LogP contribution in [0.3, 0.4) is 0 Å². The molecule has 19 heavy (non-hydrogen) atoms. The van der Waals surface area contributed by atoms with E-state index in [2.05, 4.69) is 35.4 Å². The van der Waals surface area contributed by atoms with E-state index in [1.165, 1.54) is 5.56 Å². The smallest absolute Gasteiger partial charge is 0.138 e. The third-order valence-electron chi connectivity index (χ3n) is 3.00. The van der Waals surface area contributed by atoms with E-state index in [-0.39, 0.29) is 0 Å². The Bertz CT molecular complexity index is 362. The van der Waals surface area contributed by atoms with Crippen molar-refractivity contribution in [1.29, 1.82) is 0 Å². The summed E-state index contributed by atoms with van der Waals surface area (Å²) in [5.41, 5.74) is 3.57. The summed E-state index contributed by atoms with van der Waals surface area (Å²) < 4.78 is 5.00. The number of nitrogens with zero attached hydrogens (tertiary/aromatic N) is 2. The number of hydrogen-bond acceptors (Lipinski definition) is 5. The molecule has 0 aliphatic carbocycles. The quantitative estimate of drug-likeness (QED) is 0.704. The van der Waals surface area contributed by atoms with E-state index in [9.17, 15) is 0 Å². The summed E-state index contributed by atoms with van der Waals surface area (Å²) in [7, 11) is 1.72. The molecule has 0 aromatic carbocycles. The largest absolute Gasteiger partial charge is 0.383 e. The lowest BCUT2D eigenvalue weighted by Crippen LogP contribution is -2.21. The van der Waals surface area contributed by atoms with Crippen molar-refractivity contribution in [2.75, 3.05) is 33.1 Å². The first-order valence-corrected chi connectivity index (χ1v) is 8.10. The minimum atomic E-state index is 0.768. The number of aryl methyl sites for hydroxylation is 2. The molecule has 0 saturated carbocycles. The van der Waals surface area contributed by atoms with Crippen molar-refractivity contribution in [3.05, 3.63) is 22.8 Å². The van der Waals surface area contributed by atoms with Crippen molar-refractivity contribution in [3.63, 3.8) is 0 Å². The number of rotatable bonds is 9. The molecule has 1 heterocycles. The maximum absolute atomic E-state index is 5.00. The number of ether oxygens (including phenoxy) is 1. The predicted octanol–water partition coefficient (Wildman–Crippen LogP) is 2.13. The third-order valence-corrected chi connectivity index (χ3v) is 3.55. The van der Waals surface area contributed by atoms with E-state index in [0.717, 1.165) is 55.5 Å². The van der Waals surface area contributed by atoms with E-state index >= 15 is 0 Å². The average molecular weight is 283 g/mol. The number of methoxy groups -OCH3 is 1. The highest BCUT2D eigenvalue weighted by molar-refractivity contribution is 7.97. The highest BCUT2D eigenvalue weighted by Gasteiger charge is 2.07. The highest BCUT2D eigenvalue weighted by atomic mass is 32.2. The molecule has 0 aliphatic rings. The van der Waals surface area contributed by atoms with Gasteiger partial charge in [0.05, 0.1) is 12.4 Å². The topological polar surface area (TPSA) is 47.0 Å². The molecule has 0 amide bonds. The molecule has 0 aliphatic heterocycles. The summed E-state index contributed by atoms with van der Waals surface area (Å²) in [6.07, 6.45) is 4.22. The van der Waals surface area contributed by atoms with Gasteiger partial charge in [-0.05, 0) is 45.1 Å². The van der Waals surface area contributed by atoms with Gasteiger partial charge in [-0.25, -0.2) is 9.97 Å². The Morgan fingerprint density at radius 3 is 2.42 bits per heavy atom. The molecule has 0 saturated heterocycles. The molecule has 0 fully saturated rings. The lowest BCUT2D eigenvalue weighted by atomic mass is 10.1. The van der Waals surface area contributed by atoms with Crippen LogP contribution in [0.1, 0.15) is 29.2 Å². The number of aromatic nitrogens is 2. The standard InChI is InChI=1S/C14H25N3OS/c1-11-13(6-5-7-15-8-9-18-3)12(2)17-14(16-11)10-19-4/h15H,5-10H2,1-4H3. The second-order valence-electron chi connectivity index (χ2n) is 4.57. The molecule has 108 valence electrons. The van der Waals surface area contributed by atoms with Gasteiger partial charge in [-0.1, -0.05) is 0 Å². The number of nitrogens with one attached hydrogen (secondary N) is 1. The molecule has 1 N–H and O–H groups in total. The fraction of sp³-hybridized carbons (Fsp3) is 0.714. The van der Waals surface area contributed by atoms with Crippen LogP contribution in [0, 0.1) is 13.8 Å². The van der Waals surface area contributed by atoms with Crippen LogP contribution in [0.2, 0.25) is 0 Å². The molecule has 1 aromatic rings. The van der Waals surface area contributed by atoms with Crippen LogP contribution in [0.25, 0.3) is 0 Å². The Balaban J connectivity index is 2.45. The van der Waals surface area contributed by atoms with Crippen LogP contribution in [0.15, 0.2) is 0 Å². The fourth-order valence-electron chi connectivity index (χ4n) is 2.05. The molecular weight excluding hydrogens is 258 g/mol. The number of hydrogen-bond donors (Lipinski definition) is 1. The molecule has 0 unspecified atom stereocenters. The first kappa shape index (κ1) is 16.4. The molecule has 0 spiro atoms. The van der Waals surface area contributed by atoms with E-state index in [1.807, 2.05) is 0 Å². The normalized spacial score (nSPS) is 10.9. The SMILES string of the molecule is COCCNCCCc1c(C)nc(CSC)nc1C. The van der Waals surface area contributed by atoms with Crippen molar-refractivity contribution in [3.8, 4) is 0 Å². The van der Waals surface area contributed by atoms with Gasteiger partial charge in [0.25, 0.3) is 0 Å². The van der Waals surface area contributed by atoms with Gasteiger partial charge >= 0.3 is 0 Å². The summed E-state index contributed by atoms with van der Waals surface area (Å²) in [6.45, 7) is 6.87. The monoisotopic (exact) mass is 283 g/mol. The van der Waals surface area contributed by atoms with E-state index < -0.39 is 0 Å². The summed E-state index contributed by atoms with van der Waals surface area (Å²) in [6, 6.07) is 0. The van der Waals surface area contributed by atoms with Crippen LogP contribution in [-0.4, -0.2) is 43.0 Å².